The summed E-state index contributed by atoms with van der Waals surface area (Å²) in [6.07, 6.45) is 1.22. The molecule has 0 aliphatic carbocycles. The van der Waals surface area contributed by atoms with Gasteiger partial charge in [0.05, 0.1) is 0 Å². The molecule has 0 aromatic heterocycles. The number of rotatable bonds is 18. The van der Waals surface area contributed by atoms with Crippen molar-refractivity contribution in [2.45, 2.75) is 153 Å². The quantitative estimate of drug-likeness (QED) is 0.105. The maximum absolute atomic E-state index is 13.6. The lowest BCUT2D eigenvalue weighted by molar-refractivity contribution is -0.705. The summed E-state index contributed by atoms with van der Waals surface area (Å²) in [5.74, 6) is -6.74. The first-order valence-corrected chi connectivity index (χ1v) is 12.9. The Morgan fingerprint density at radius 3 is 0.882 bits per heavy atom. The van der Waals surface area contributed by atoms with E-state index < -0.39 is 36.8 Å². The lowest BCUT2D eigenvalue weighted by Gasteiger charge is -2.43. The first kappa shape index (κ1) is 31.4. The molecule has 1 rings (SSSR count). The van der Waals surface area contributed by atoms with E-state index in [-0.39, 0.29) is 12.8 Å². The highest BCUT2D eigenvalue weighted by molar-refractivity contribution is 4.83. The highest BCUT2D eigenvalue weighted by Gasteiger charge is 2.70. The summed E-state index contributed by atoms with van der Waals surface area (Å²) >= 11 is 0. The Hall–Kier alpha value is -0.580. The first-order valence-electron chi connectivity index (χ1n) is 12.9. The fourth-order valence-electron chi connectivity index (χ4n) is 3.92. The molecule has 0 aromatic carbocycles. The number of alkyl halides is 6. The van der Waals surface area contributed by atoms with Crippen LogP contribution in [0, 0.1) is 0 Å². The third-order valence-corrected chi connectivity index (χ3v) is 6.20. The van der Waals surface area contributed by atoms with Crippen LogP contribution in [0.3, 0.4) is 0 Å². The Labute approximate surface area is 199 Å². The number of unbranched alkanes of at least 4 members (excludes halogenated alkanes) is 14. The molecule has 0 saturated carbocycles. The molecule has 1 heterocycles. The molecule has 1 fully saturated rings. The van der Waals surface area contributed by atoms with Crippen LogP contribution in [0.1, 0.15) is 129 Å². The van der Waals surface area contributed by atoms with Crippen LogP contribution in [0.25, 0.3) is 0 Å². The van der Waals surface area contributed by atoms with Gasteiger partial charge in [0.2, 0.25) is 0 Å². The van der Waals surface area contributed by atoms with Crippen molar-refractivity contribution in [1.29, 1.82) is 0 Å². The van der Waals surface area contributed by atoms with Gasteiger partial charge in [0, 0.05) is 12.8 Å². The van der Waals surface area contributed by atoms with Crippen molar-refractivity contribution in [2.75, 3.05) is 0 Å². The molecule has 0 amide bonds. The summed E-state index contributed by atoms with van der Waals surface area (Å²) in [5, 5.41) is 0. The average molecular weight is 509 g/mol. The Balaban J connectivity index is 2.56. The Morgan fingerprint density at radius 1 is 0.412 bits per heavy atom. The van der Waals surface area contributed by atoms with Crippen molar-refractivity contribution in [3.63, 3.8) is 0 Å². The third kappa shape index (κ3) is 10.2. The molecule has 0 aromatic rings. The summed E-state index contributed by atoms with van der Waals surface area (Å²) in [4.78, 5) is 17.4. The number of hydrogen-bond acceptors (Lipinski definition) is 4. The van der Waals surface area contributed by atoms with E-state index in [1.165, 1.54) is 0 Å². The van der Waals surface area contributed by atoms with Gasteiger partial charge >= 0.3 is 23.9 Å². The SMILES string of the molecule is CCCCCCCCCCC1(C(F)(F)F)OOC(CCCCCCCCCC)(C(F)(F)F)OO1. The second-order valence-electron chi connectivity index (χ2n) is 9.28. The molecule has 10 heteroatoms. The molecule has 0 spiro atoms. The van der Waals surface area contributed by atoms with Crippen LogP contribution in [-0.4, -0.2) is 23.9 Å². The van der Waals surface area contributed by atoms with E-state index in [9.17, 15) is 26.3 Å². The Kier molecular flexibility index (Phi) is 14.4. The highest BCUT2D eigenvalue weighted by atomic mass is 19.4. The van der Waals surface area contributed by atoms with Crippen LogP contribution < -0.4 is 0 Å². The smallest absolute Gasteiger partial charge is 0.184 e. The Bertz CT molecular complexity index is 471. The van der Waals surface area contributed by atoms with Gasteiger partial charge in [0.1, 0.15) is 0 Å². The van der Waals surface area contributed by atoms with Crippen molar-refractivity contribution in [3.8, 4) is 0 Å². The molecule has 1 aliphatic rings. The van der Waals surface area contributed by atoms with Gasteiger partial charge in [0.15, 0.2) is 0 Å². The predicted molar refractivity (Wildman–Crippen MR) is 116 cm³/mol. The van der Waals surface area contributed by atoms with E-state index in [0.29, 0.717) is 12.8 Å². The second-order valence-corrected chi connectivity index (χ2v) is 9.28. The molecule has 204 valence electrons. The zero-order valence-corrected chi connectivity index (χ0v) is 20.6. The summed E-state index contributed by atoms with van der Waals surface area (Å²) < 4.78 is 81.9. The van der Waals surface area contributed by atoms with Gasteiger partial charge in [-0.3, -0.25) is 0 Å². The highest BCUT2D eigenvalue weighted by Crippen LogP contribution is 2.49. The summed E-state index contributed by atoms with van der Waals surface area (Å²) in [6.45, 7) is 4.18. The van der Waals surface area contributed by atoms with Crippen molar-refractivity contribution in [1.82, 2.24) is 0 Å². The van der Waals surface area contributed by atoms with Crippen LogP contribution in [0.5, 0.6) is 0 Å². The third-order valence-electron chi connectivity index (χ3n) is 6.20. The largest absolute Gasteiger partial charge is 0.449 e. The van der Waals surface area contributed by atoms with E-state index in [4.69, 9.17) is 0 Å². The van der Waals surface area contributed by atoms with Gasteiger partial charge in [-0.1, -0.05) is 104 Å². The standard InChI is InChI=1S/C24H42F6O4/c1-3-5-7-9-11-13-15-17-19-21(23(25,26)27)31-33-22(34-32-21,24(28,29)30)20-18-16-14-12-10-8-6-4-2/h3-20H2,1-2H3. The predicted octanol–water partition coefficient (Wildman–Crippen LogP) is 9.48. The fourth-order valence-corrected chi connectivity index (χ4v) is 3.92. The monoisotopic (exact) mass is 508 g/mol. The Morgan fingerprint density at radius 2 is 0.647 bits per heavy atom. The van der Waals surface area contributed by atoms with Gasteiger partial charge in [-0.2, -0.15) is 45.9 Å². The minimum atomic E-state index is -5.12. The molecule has 1 saturated heterocycles. The maximum Gasteiger partial charge on any atom is 0.449 e. The van der Waals surface area contributed by atoms with Crippen molar-refractivity contribution in [2.24, 2.45) is 0 Å². The van der Waals surface area contributed by atoms with E-state index in [1.807, 2.05) is 0 Å². The molecule has 0 radical (unpaired) electrons. The normalized spacial score (nSPS) is 24.0. The maximum atomic E-state index is 13.6. The van der Waals surface area contributed by atoms with Crippen LogP contribution in [0.4, 0.5) is 26.3 Å². The topological polar surface area (TPSA) is 36.9 Å². The van der Waals surface area contributed by atoms with Gasteiger partial charge in [-0.05, 0) is 12.8 Å². The first-order chi connectivity index (χ1) is 16.0. The molecule has 1 aliphatic heterocycles. The molecule has 34 heavy (non-hydrogen) atoms. The van der Waals surface area contributed by atoms with E-state index >= 15 is 0 Å². The van der Waals surface area contributed by atoms with Gasteiger partial charge in [-0.25, -0.2) is 0 Å². The molecular formula is C24H42F6O4. The minimum absolute atomic E-state index is 0.0526. The summed E-state index contributed by atoms with van der Waals surface area (Å²) in [5.41, 5.74) is 0. The van der Waals surface area contributed by atoms with Crippen LogP contribution in [0.2, 0.25) is 0 Å². The van der Waals surface area contributed by atoms with Crippen molar-refractivity contribution in [3.05, 3.63) is 0 Å². The van der Waals surface area contributed by atoms with Crippen LogP contribution in [-0.2, 0) is 19.6 Å². The number of hydrogen-bond donors (Lipinski definition) is 0. The minimum Gasteiger partial charge on any atom is -0.184 e. The van der Waals surface area contributed by atoms with Crippen LogP contribution in [0.15, 0.2) is 0 Å². The molecule has 0 N–H and O–H groups in total. The molecule has 4 nitrogen and oxygen atoms in total. The average Bonchev–Trinajstić information content (AvgIpc) is 2.77. The summed E-state index contributed by atoms with van der Waals surface area (Å²) in [7, 11) is 0. The second kappa shape index (κ2) is 15.5. The molecule has 0 bridgehead atoms. The zero-order chi connectivity index (χ0) is 25.6. The molecule has 0 unspecified atom stereocenters. The van der Waals surface area contributed by atoms with Crippen LogP contribution >= 0.6 is 0 Å². The number of halogens is 6. The van der Waals surface area contributed by atoms with E-state index in [0.717, 1.165) is 77.0 Å². The van der Waals surface area contributed by atoms with E-state index in [2.05, 4.69) is 33.4 Å². The summed E-state index contributed by atoms with van der Waals surface area (Å²) in [6, 6.07) is 0. The van der Waals surface area contributed by atoms with Crippen molar-refractivity contribution < 1.29 is 45.9 Å². The van der Waals surface area contributed by atoms with Gasteiger partial charge in [-0.15, -0.1) is 0 Å². The van der Waals surface area contributed by atoms with Gasteiger partial charge < -0.3 is 0 Å². The van der Waals surface area contributed by atoms with Crippen molar-refractivity contribution >= 4 is 0 Å². The fraction of sp³-hybridized carbons (Fsp3) is 1.00. The van der Waals surface area contributed by atoms with Gasteiger partial charge in [0.25, 0.3) is 0 Å². The lowest BCUT2D eigenvalue weighted by Crippen LogP contribution is -2.62. The molecular weight excluding hydrogens is 466 g/mol. The lowest BCUT2D eigenvalue weighted by atomic mass is 10.0. The van der Waals surface area contributed by atoms with E-state index in [1.54, 1.807) is 0 Å². The zero-order valence-electron chi connectivity index (χ0n) is 20.6. The molecule has 0 atom stereocenters.